The first-order chi connectivity index (χ1) is 11.0. The molecule has 0 radical (unpaired) electrons. The fraction of sp³-hybridized carbons (Fsp3) is 0.267. The van der Waals surface area contributed by atoms with Crippen molar-refractivity contribution in [3.63, 3.8) is 0 Å². The number of hydrogen-bond acceptors (Lipinski definition) is 4. The zero-order valence-electron chi connectivity index (χ0n) is 12.1. The molecule has 2 aromatic rings. The molecule has 1 saturated heterocycles. The first-order valence-corrected chi connectivity index (χ1v) is 10.1. The van der Waals surface area contributed by atoms with Crippen LogP contribution in [-0.4, -0.2) is 30.8 Å². The Hall–Kier alpha value is -0.960. The van der Waals surface area contributed by atoms with Gasteiger partial charge in [-0.15, -0.1) is 0 Å². The van der Waals surface area contributed by atoms with Crippen LogP contribution < -0.4 is 4.74 Å². The summed E-state index contributed by atoms with van der Waals surface area (Å²) in [5.41, 5.74) is 0. The summed E-state index contributed by atoms with van der Waals surface area (Å²) in [4.78, 5) is 4.31. The molecule has 3 rings (SSSR count). The third-order valence-corrected chi connectivity index (χ3v) is 6.52. The van der Waals surface area contributed by atoms with Crippen LogP contribution in [0.15, 0.2) is 50.4 Å². The Labute approximate surface area is 152 Å². The first-order valence-electron chi connectivity index (χ1n) is 7.06. The Balaban J connectivity index is 1.79. The fourth-order valence-corrected chi connectivity index (χ4v) is 4.92. The van der Waals surface area contributed by atoms with Gasteiger partial charge in [-0.25, -0.2) is 13.4 Å². The molecule has 0 spiro atoms. The van der Waals surface area contributed by atoms with Gasteiger partial charge >= 0.3 is 0 Å². The molecule has 8 heteroatoms. The SMILES string of the molecule is O=S(=O)(c1ccc(Oc2ccc(Br)cc2Br)nc1)N1CCCC1. The minimum Gasteiger partial charge on any atom is -0.438 e. The molecule has 0 bridgehead atoms. The number of ether oxygens (including phenoxy) is 1. The molecule has 0 amide bonds. The lowest BCUT2D eigenvalue weighted by atomic mass is 10.3. The largest absolute Gasteiger partial charge is 0.438 e. The van der Waals surface area contributed by atoms with Gasteiger partial charge in [0, 0.05) is 23.6 Å². The monoisotopic (exact) mass is 460 g/mol. The van der Waals surface area contributed by atoms with E-state index in [0.717, 1.165) is 21.8 Å². The summed E-state index contributed by atoms with van der Waals surface area (Å²) in [7, 11) is -3.44. The van der Waals surface area contributed by atoms with Crippen molar-refractivity contribution in [1.29, 1.82) is 0 Å². The van der Waals surface area contributed by atoms with Crippen LogP contribution in [0.1, 0.15) is 12.8 Å². The molecule has 1 fully saturated rings. The van der Waals surface area contributed by atoms with Gasteiger partial charge in [0.15, 0.2) is 0 Å². The molecule has 0 saturated carbocycles. The Morgan fingerprint density at radius 3 is 2.43 bits per heavy atom. The second-order valence-electron chi connectivity index (χ2n) is 5.12. The van der Waals surface area contributed by atoms with Crippen LogP contribution in [0, 0.1) is 0 Å². The highest BCUT2D eigenvalue weighted by atomic mass is 79.9. The van der Waals surface area contributed by atoms with Gasteiger partial charge in [-0.1, -0.05) is 15.9 Å². The zero-order chi connectivity index (χ0) is 16.4. The molecule has 0 aliphatic carbocycles. The van der Waals surface area contributed by atoms with E-state index in [0.29, 0.717) is 24.7 Å². The van der Waals surface area contributed by atoms with E-state index in [4.69, 9.17) is 4.74 Å². The van der Waals surface area contributed by atoms with Crippen molar-refractivity contribution in [2.24, 2.45) is 0 Å². The average Bonchev–Trinajstić information content (AvgIpc) is 3.06. The molecule has 2 heterocycles. The van der Waals surface area contributed by atoms with Gasteiger partial charge in [-0.2, -0.15) is 4.31 Å². The van der Waals surface area contributed by atoms with Gasteiger partial charge < -0.3 is 4.74 Å². The summed E-state index contributed by atoms with van der Waals surface area (Å²) < 4.78 is 33.7. The Bertz CT molecular complexity index is 804. The maximum absolute atomic E-state index is 12.4. The highest BCUT2D eigenvalue weighted by molar-refractivity contribution is 9.11. The predicted molar refractivity (Wildman–Crippen MR) is 94.1 cm³/mol. The highest BCUT2D eigenvalue weighted by Gasteiger charge is 2.27. The van der Waals surface area contributed by atoms with Crippen LogP contribution in [0.2, 0.25) is 0 Å². The Kier molecular flexibility index (Phi) is 5.05. The summed E-state index contributed by atoms with van der Waals surface area (Å²) >= 11 is 6.78. The number of rotatable bonds is 4. The summed E-state index contributed by atoms with van der Waals surface area (Å²) in [6.45, 7) is 1.15. The van der Waals surface area contributed by atoms with E-state index in [1.807, 2.05) is 12.1 Å². The van der Waals surface area contributed by atoms with Crippen molar-refractivity contribution in [2.45, 2.75) is 17.7 Å². The van der Waals surface area contributed by atoms with Crippen molar-refractivity contribution in [1.82, 2.24) is 9.29 Å². The van der Waals surface area contributed by atoms with Gasteiger partial charge in [0.2, 0.25) is 15.9 Å². The lowest BCUT2D eigenvalue weighted by Crippen LogP contribution is -2.27. The minimum atomic E-state index is -3.44. The van der Waals surface area contributed by atoms with Crippen molar-refractivity contribution in [2.75, 3.05) is 13.1 Å². The number of pyridine rings is 1. The molecule has 1 aromatic heterocycles. The molecular weight excluding hydrogens is 448 g/mol. The van der Waals surface area contributed by atoms with Crippen LogP contribution in [0.3, 0.4) is 0 Å². The van der Waals surface area contributed by atoms with E-state index in [2.05, 4.69) is 36.8 Å². The fourth-order valence-electron chi connectivity index (χ4n) is 2.33. The highest BCUT2D eigenvalue weighted by Crippen LogP contribution is 2.31. The summed E-state index contributed by atoms with van der Waals surface area (Å²) in [5.74, 6) is 0.948. The first kappa shape index (κ1) is 16.9. The van der Waals surface area contributed by atoms with Crippen LogP contribution in [-0.2, 0) is 10.0 Å². The molecule has 5 nitrogen and oxygen atoms in total. The second-order valence-corrected chi connectivity index (χ2v) is 8.83. The number of nitrogens with zero attached hydrogens (tertiary/aromatic N) is 2. The molecule has 122 valence electrons. The number of halogens is 2. The molecule has 0 unspecified atom stereocenters. The minimum absolute atomic E-state index is 0.196. The number of sulfonamides is 1. The molecule has 1 aliphatic heterocycles. The third-order valence-electron chi connectivity index (χ3n) is 3.52. The van der Waals surface area contributed by atoms with E-state index < -0.39 is 10.0 Å². The van der Waals surface area contributed by atoms with Gasteiger partial charge in [0.1, 0.15) is 10.6 Å². The van der Waals surface area contributed by atoms with E-state index in [-0.39, 0.29) is 4.90 Å². The molecule has 23 heavy (non-hydrogen) atoms. The van der Waals surface area contributed by atoms with E-state index in [1.54, 1.807) is 12.1 Å². The van der Waals surface area contributed by atoms with Gasteiger partial charge in [0.25, 0.3) is 0 Å². The molecule has 1 aliphatic rings. The van der Waals surface area contributed by atoms with Crippen LogP contribution in [0.25, 0.3) is 0 Å². The smallest absolute Gasteiger partial charge is 0.244 e. The van der Waals surface area contributed by atoms with Crippen LogP contribution in [0.5, 0.6) is 11.6 Å². The lowest BCUT2D eigenvalue weighted by Gasteiger charge is -2.15. The zero-order valence-corrected chi connectivity index (χ0v) is 16.1. The van der Waals surface area contributed by atoms with Crippen molar-refractivity contribution in [3.8, 4) is 11.6 Å². The number of benzene rings is 1. The predicted octanol–water partition coefficient (Wildman–Crippen LogP) is 4.18. The van der Waals surface area contributed by atoms with Crippen LogP contribution in [0.4, 0.5) is 0 Å². The van der Waals surface area contributed by atoms with Gasteiger partial charge in [-0.05, 0) is 53.0 Å². The van der Waals surface area contributed by atoms with E-state index in [1.165, 1.54) is 16.6 Å². The van der Waals surface area contributed by atoms with Crippen molar-refractivity contribution >= 4 is 41.9 Å². The topological polar surface area (TPSA) is 59.5 Å². The Morgan fingerprint density at radius 2 is 1.83 bits per heavy atom. The molecule has 0 N–H and O–H groups in total. The maximum Gasteiger partial charge on any atom is 0.244 e. The molecule has 0 atom stereocenters. The van der Waals surface area contributed by atoms with Crippen molar-refractivity contribution < 1.29 is 13.2 Å². The maximum atomic E-state index is 12.4. The standard InChI is InChI=1S/C15H14Br2N2O3S/c16-11-3-5-14(13(17)9-11)22-15-6-4-12(10-18-15)23(20,21)19-7-1-2-8-19/h3-6,9-10H,1-2,7-8H2. The van der Waals surface area contributed by atoms with E-state index in [9.17, 15) is 8.42 Å². The second kappa shape index (κ2) is 6.88. The van der Waals surface area contributed by atoms with E-state index >= 15 is 0 Å². The number of hydrogen-bond donors (Lipinski definition) is 0. The lowest BCUT2D eigenvalue weighted by molar-refractivity contribution is 0.457. The van der Waals surface area contributed by atoms with Gasteiger partial charge in [-0.3, -0.25) is 0 Å². The summed E-state index contributed by atoms with van der Waals surface area (Å²) in [5, 5.41) is 0. The Morgan fingerprint density at radius 1 is 1.09 bits per heavy atom. The normalized spacial score (nSPS) is 15.7. The summed E-state index contributed by atoms with van der Waals surface area (Å²) in [6, 6.07) is 8.61. The molecule has 1 aromatic carbocycles. The summed E-state index contributed by atoms with van der Waals surface area (Å²) in [6.07, 6.45) is 3.16. The molecular formula is C15H14Br2N2O3S. The quantitative estimate of drug-likeness (QED) is 0.685. The number of aromatic nitrogens is 1. The van der Waals surface area contributed by atoms with Crippen molar-refractivity contribution in [3.05, 3.63) is 45.5 Å². The third kappa shape index (κ3) is 3.76. The average molecular weight is 462 g/mol. The van der Waals surface area contributed by atoms with Crippen LogP contribution >= 0.6 is 31.9 Å². The van der Waals surface area contributed by atoms with Gasteiger partial charge in [0.05, 0.1) is 10.7 Å².